The standard InChI is InChI=1S/C14H17ClN4O/c1-14(2,16)8-17-13(20)10-7-18-19-12(10)9-5-3-4-6-11(9)15/h3-7H,8,16H2,1-2H3,(H,17,20)(H,18,19). The van der Waals surface area contributed by atoms with Gasteiger partial charge in [-0.25, -0.2) is 0 Å². The zero-order valence-electron chi connectivity index (χ0n) is 11.4. The van der Waals surface area contributed by atoms with Crippen molar-refractivity contribution in [2.45, 2.75) is 19.4 Å². The van der Waals surface area contributed by atoms with Crippen molar-refractivity contribution in [3.63, 3.8) is 0 Å². The molecular weight excluding hydrogens is 276 g/mol. The highest BCUT2D eigenvalue weighted by Gasteiger charge is 2.19. The number of carbonyl (C=O) groups is 1. The normalized spacial score (nSPS) is 11.4. The Morgan fingerprint density at radius 1 is 1.45 bits per heavy atom. The van der Waals surface area contributed by atoms with Crippen LogP contribution in [0.1, 0.15) is 24.2 Å². The minimum atomic E-state index is -0.468. The molecule has 0 atom stereocenters. The Bertz CT molecular complexity index is 616. The summed E-state index contributed by atoms with van der Waals surface area (Å²) in [6.45, 7) is 4.06. The summed E-state index contributed by atoms with van der Waals surface area (Å²) in [5.41, 5.74) is 7.17. The number of aromatic nitrogens is 2. The van der Waals surface area contributed by atoms with Gasteiger partial charge in [0.05, 0.1) is 17.5 Å². The summed E-state index contributed by atoms with van der Waals surface area (Å²) in [6.07, 6.45) is 1.48. The van der Waals surface area contributed by atoms with Crippen molar-refractivity contribution in [1.82, 2.24) is 15.5 Å². The zero-order chi connectivity index (χ0) is 14.8. The number of halogens is 1. The number of aromatic amines is 1. The van der Waals surface area contributed by atoms with Gasteiger partial charge in [-0.05, 0) is 19.9 Å². The van der Waals surface area contributed by atoms with E-state index in [-0.39, 0.29) is 5.91 Å². The van der Waals surface area contributed by atoms with Crippen molar-refractivity contribution in [3.8, 4) is 11.3 Å². The van der Waals surface area contributed by atoms with E-state index >= 15 is 0 Å². The van der Waals surface area contributed by atoms with E-state index in [9.17, 15) is 4.79 Å². The lowest BCUT2D eigenvalue weighted by Gasteiger charge is -2.18. The first-order valence-corrected chi connectivity index (χ1v) is 6.61. The van der Waals surface area contributed by atoms with Crippen molar-refractivity contribution in [1.29, 1.82) is 0 Å². The summed E-state index contributed by atoms with van der Waals surface area (Å²) in [5, 5.41) is 10.1. The van der Waals surface area contributed by atoms with Crippen molar-refractivity contribution in [3.05, 3.63) is 41.0 Å². The van der Waals surface area contributed by atoms with Gasteiger partial charge in [-0.3, -0.25) is 9.89 Å². The van der Waals surface area contributed by atoms with Gasteiger partial charge < -0.3 is 11.1 Å². The van der Waals surface area contributed by atoms with Gasteiger partial charge in [0, 0.05) is 22.7 Å². The maximum atomic E-state index is 12.2. The fraction of sp³-hybridized carbons (Fsp3) is 0.286. The highest BCUT2D eigenvalue weighted by Crippen LogP contribution is 2.28. The average molecular weight is 293 g/mol. The molecule has 1 aromatic heterocycles. The predicted octanol–water partition coefficient (Wildman–Crippen LogP) is 2.20. The topological polar surface area (TPSA) is 83.8 Å². The molecule has 1 heterocycles. The molecule has 0 fully saturated rings. The van der Waals surface area contributed by atoms with Crippen LogP contribution < -0.4 is 11.1 Å². The molecule has 106 valence electrons. The van der Waals surface area contributed by atoms with Crippen molar-refractivity contribution in [2.75, 3.05) is 6.54 Å². The number of nitrogens with zero attached hydrogens (tertiary/aromatic N) is 1. The molecule has 0 unspecified atom stereocenters. The van der Waals surface area contributed by atoms with Crippen LogP contribution in [0.2, 0.25) is 5.02 Å². The number of H-pyrrole nitrogens is 1. The molecular formula is C14H17ClN4O. The highest BCUT2D eigenvalue weighted by molar-refractivity contribution is 6.33. The highest BCUT2D eigenvalue weighted by atomic mass is 35.5. The SMILES string of the molecule is CC(C)(N)CNC(=O)c1cn[nH]c1-c1ccccc1Cl. The van der Waals surface area contributed by atoms with Crippen LogP contribution in [0.5, 0.6) is 0 Å². The van der Waals surface area contributed by atoms with Gasteiger partial charge in [0.2, 0.25) is 0 Å². The fourth-order valence-corrected chi connectivity index (χ4v) is 1.96. The second kappa shape index (κ2) is 5.64. The molecule has 2 rings (SSSR count). The van der Waals surface area contributed by atoms with Crippen molar-refractivity contribution < 1.29 is 4.79 Å². The molecule has 1 aromatic carbocycles. The average Bonchev–Trinajstić information content (AvgIpc) is 2.84. The molecule has 0 radical (unpaired) electrons. The van der Waals surface area contributed by atoms with E-state index in [4.69, 9.17) is 17.3 Å². The van der Waals surface area contributed by atoms with Gasteiger partial charge >= 0.3 is 0 Å². The third-order valence-corrected chi connectivity index (χ3v) is 3.06. The Kier molecular flexibility index (Phi) is 4.11. The number of amides is 1. The second-order valence-electron chi connectivity index (χ2n) is 5.31. The van der Waals surface area contributed by atoms with E-state index in [1.165, 1.54) is 6.20 Å². The van der Waals surface area contributed by atoms with E-state index < -0.39 is 5.54 Å². The molecule has 0 saturated heterocycles. The molecule has 0 aliphatic carbocycles. The molecule has 0 aliphatic rings. The van der Waals surface area contributed by atoms with Crippen LogP contribution in [0.4, 0.5) is 0 Å². The summed E-state index contributed by atoms with van der Waals surface area (Å²) in [6, 6.07) is 7.29. The number of rotatable bonds is 4. The summed E-state index contributed by atoms with van der Waals surface area (Å²) < 4.78 is 0. The fourth-order valence-electron chi connectivity index (χ4n) is 1.73. The quantitative estimate of drug-likeness (QED) is 0.808. The lowest BCUT2D eigenvalue weighted by molar-refractivity contribution is 0.0947. The maximum absolute atomic E-state index is 12.2. The van der Waals surface area contributed by atoms with Crippen LogP contribution in [0.25, 0.3) is 11.3 Å². The van der Waals surface area contributed by atoms with Crippen LogP contribution in [-0.4, -0.2) is 28.2 Å². The first-order valence-electron chi connectivity index (χ1n) is 6.24. The van der Waals surface area contributed by atoms with E-state index in [0.717, 1.165) is 5.56 Å². The summed E-state index contributed by atoms with van der Waals surface area (Å²) in [4.78, 5) is 12.2. The first-order chi connectivity index (χ1) is 9.38. The number of carbonyl (C=O) groups excluding carboxylic acids is 1. The van der Waals surface area contributed by atoms with Gasteiger partial charge in [0.25, 0.3) is 5.91 Å². The van der Waals surface area contributed by atoms with E-state index in [1.807, 2.05) is 32.0 Å². The molecule has 4 N–H and O–H groups in total. The first kappa shape index (κ1) is 14.6. The summed E-state index contributed by atoms with van der Waals surface area (Å²) >= 11 is 6.14. The molecule has 1 amide bonds. The number of nitrogens with two attached hydrogens (primary N) is 1. The zero-order valence-corrected chi connectivity index (χ0v) is 12.2. The maximum Gasteiger partial charge on any atom is 0.255 e. The van der Waals surface area contributed by atoms with Crippen LogP contribution in [0.3, 0.4) is 0 Å². The molecule has 5 nitrogen and oxygen atoms in total. The number of nitrogens with one attached hydrogen (secondary N) is 2. The minimum Gasteiger partial charge on any atom is -0.350 e. The van der Waals surface area contributed by atoms with Gasteiger partial charge in [0.1, 0.15) is 0 Å². The lowest BCUT2D eigenvalue weighted by Crippen LogP contribution is -2.45. The Hall–Kier alpha value is -1.85. The molecule has 20 heavy (non-hydrogen) atoms. The predicted molar refractivity (Wildman–Crippen MR) is 79.6 cm³/mol. The van der Waals surface area contributed by atoms with Crippen LogP contribution in [0.15, 0.2) is 30.5 Å². The van der Waals surface area contributed by atoms with Crippen LogP contribution in [-0.2, 0) is 0 Å². The Morgan fingerprint density at radius 2 is 2.15 bits per heavy atom. The van der Waals surface area contributed by atoms with E-state index in [2.05, 4.69) is 15.5 Å². The monoisotopic (exact) mass is 292 g/mol. The van der Waals surface area contributed by atoms with Crippen LogP contribution >= 0.6 is 11.6 Å². The second-order valence-corrected chi connectivity index (χ2v) is 5.72. The molecule has 6 heteroatoms. The number of hydrogen-bond acceptors (Lipinski definition) is 3. The summed E-state index contributed by atoms with van der Waals surface area (Å²) in [7, 11) is 0. The van der Waals surface area contributed by atoms with Gasteiger partial charge in [-0.15, -0.1) is 0 Å². The number of hydrogen-bond donors (Lipinski definition) is 3. The lowest BCUT2D eigenvalue weighted by atomic mass is 10.1. The molecule has 0 aliphatic heterocycles. The third kappa shape index (κ3) is 3.37. The van der Waals surface area contributed by atoms with E-state index in [1.54, 1.807) is 6.07 Å². The Balaban J connectivity index is 2.25. The number of benzene rings is 1. The molecule has 2 aromatic rings. The molecule has 0 spiro atoms. The summed E-state index contributed by atoms with van der Waals surface area (Å²) in [5.74, 6) is -0.229. The van der Waals surface area contributed by atoms with Crippen molar-refractivity contribution >= 4 is 17.5 Å². The largest absolute Gasteiger partial charge is 0.350 e. The van der Waals surface area contributed by atoms with Crippen LogP contribution in [0, 0.1) is 0 Å². The van der Waals surface area contributed by atoms with E-state index in [0.29, 0.717) is 22.8 Å². The van der Waals surface area contributed by atoms with Gasteiger partial charge in [0.15, 0.2) is 0 Å². The smallest absolute Gasteiger partial charge is 0.255 e. The molecule has 0 bridgehead atoms. The molecule has 0 saturated carbocycles. The van der Waals surface area contributed by atoms with Crippen molar-refractivity contribution in [2.24, 2.45) is 5.73 Å². The Labute approximate surface area is 122 Å². The Morgan fingerprint density at radius 3 is 2.80 bits per heavy atom. The third-order valence-electron chi connectivity index (χ3n) is 2.73. The van der Waals surface area contributed by atoms with Gasteiger partial charge in [-0.1, -0.05) is 29.8 Å². The minimum absolute atomic E-state index is 0.229. The van der Waals surface area contributed by atoms with Gasteiger partial charge in [-0.2, -0.15) is 5.10 Å².